The molecule has 0 bridgehead atoms. The van der Waals surface area contributed by atoms with E-state index < -0.39 is 0 Å². The summed E-state index contributed by atoms with van der Waals surface area (Å²) in [6, 6.07) is 125. The minimum atomic E-state index is 0.732. The summed E-state index contributed by atoms with van der Waals surface area (Å²) in [7, 11) is 0. The number of para-hydroxylation sites is 4. The zero-order chi connectivity index (χ0) is 68.3. The fourth-order valence-corrected chi connectivity index (χ4v) is 14.7. The average molecular weight is 1540 g/mol. The lowest BCUT2D eigenvalue weighted by Gasteiger charge is -2.29. The van der Waals surface area contributed by atoms with E-state index in [1.165, 1.54) is 32.7 Å². The van der Waals surface area contributed by atoms with Gasteiger partial charge in [-0.05, 0) is 228 Å². The van der Waals surface area contributed by atoms with Gasteiger partial charge in [-0.2, -0.15) is 0 Å². The van der Waals surface area contributed by atoms with Crippen LogP contribution in [0.1, 0.15) is 0 Å². The second-order valence-corrected chi connectivity index (χ2v) is 28.1. The van der Waals surface area contributed by atoms with Crippen molar-refractivity contribution in [3.8, 4) is 55.6 Å². The van der Waals surface area contributed by atoms with Crippen molar-refractivity contribution in [1.29, 1.82) is 0 Å². The SMILES string of the molecule is Clc1ccc(-c2ccc(Br)cc2)cc1-c1ccc2ccccc2c1.Clc1ccc(-c2ccc(Br)cc2)cc1Br.c1ccc(N(c2ccc(-c3ccc(N(c4ccccc4)c4cccc5oc6ccccc6c45)c(-c4ccc5ccccc5c4)c3)cc2)c2cccc3oc4ccccc4c23)cc1. The second kappa shape index (κ2) is 28.8. The molecule has 2 aromatic heterocycles. The van der Waals surface area contributed by atoms with Crippen molar-refractivity contribution in [3.05, 3.63) is 381 Å². The molecule has 18 rings (SSSR count). The zero-order valence-corrected chi connectivity index (χ0v) is 60.4. The topological polar surface area (TPSA) is 32.8 Å². The molecule has 16 aromatic carbocycles. The van der Waals surface area contributed by atoms with Crippen LogP contribution in [0.3, 0.4) is 0 Å². The zero-order valence-electron chi connectivity index (χ0n) is 54.2. The maximum absolute atomic E-state index is 6.49. The van der Waals surface area contributed by atoms with Crippen LogP contribution in [0, 0.1) is 0 Å². The molecule has 0 aliphatic rings. The summed E-state index contributed by atoms with van der Waals surface area (Å²) in [6.45, 7) is 0. The number of halogens is 5. The van der Waals surface area contributed by atoms with Gasteiger partial charge in [0.05, 0.1) is 32.9 Å². The van der Waals surface area contributed by atoms with Crippen molar-refractivity contribution < 1.29 is 8.83 Å². The Kier molecular flexibility index (Phi) is 18.5. The molecule has 0 aliphatic heterocycles. The van der Waals surface area contributed by atoms with Crippen molar-refractivity contribution in [2.24, 2.45) is 0 Å². The number of nitrogens with zero attached hydrogens (tertiary/aromatic N) is 2. The molecule has 2 heterocycles. The van der Waals surface area contributed by atoms with E-state index in [4.69, 9.17) is 32.0 Å². The maximum Gasteiger partial charge on any atom is 0.137 e. The summed E-state index contributed by atoms with van der Waals surface area (Å²) in [5.74, 6) is 0. The van der Waals surface area contributed by atoms with Crippen molar-refractivity contribution >= 4 is 171 Å². The molecule has 0 radical (unpaired) electrons. The van der Waals surface area contributed by atoms with E-state index in [9.17, 15) is 0 Å². The first-order chi connectivity index (χ1) is 49.6. The molecule has 18 aromatic rings. The quantitative estimate of drug-likeness (QED) is 0.129. The molecular formula is C92H59Br3Cl2N2O2. The molecule has 0 amide bonds. The van der Waals surface area contributed by atoms with Gasteiger partial charge in [0.2, 0.25) is 0 Å². The van der Waals surface area contributed by atoms with Gasteiger partial charge in [0.25, 0.3) is 0 Å². The Morgan fingerprint density at radius 1 is 0.238 bits per heavy atom. The Balaban J connectivity index is 0.000000164. The van der Waals surface area contributed by atoms with Gasteiger partial charge >= 0.3 is 0 Å². The molecular weight excluding hydrogens is 1480 g/mol. The lowest BCUT2D eigenvalue weighted by Crippen LogP contribution is -2.11. The minimum absolute atomic E-state index is 0.732. The third-order valence-electron chi connectivity index (χ3n) is 18.3. The number of rotatable bonds is 11. The minimum Gasteiger partial charge on any atom is -0.456 e. The summed E-state index contributed by atoms with van der Waals surface area (Å²) in [6.07, 6.45) is 0. The molecule has 0 saturated heterocycles. The molecule has 101 heavy (non-hydrogen) atoms. The predicted molar refractivity (Wildman–Crippen MR) is 439 cm³/mol. The van der Waals surface area contributed by atoms with Crippen LogP contribution in [0.25, 0.3) is 121 Å². The van der Waals surface area contributed by atoms with Crippen LogP contribution < -0.4 is 9.80 Å². The van der Waals surface area contributed by atoms with Crippen LogP contribution in [-0.2, 0) is 0 Å². The van der Waals surface area contributed by atoms with E-state index in [-0.39, 0.29) is 0 Å². The molecule has 484 valence electrons. The van der Waals surface area contributed by atoms with Gasteiger partial charge in [0.15, 0.2) is 0 Å². The van der Waals surface area contributed by atoms with E-state index in [0.29, 0.717) is 0 Å². The molecule has 0 N–H and O–H groups in total. The molecule has 0 fully saturated rings. The lowest BCUT2D eigenvalue weighted by molar-refractivity contribution is 0.668. The normalized spacial score (nSPS) is 11.2. The average Bonchev–Trinajstić information content (AvgIpc) is 1.66. The first-order valence-electron chi connectivity index (χ1n) is 33.1. The van der Waals surface area contributed by atoms with E-state index in [2.05, 4.69) is 355 Å². The van der Waals surface area contributed by atoms with E-state index in [0.717, 1.165) is 146 Å². The molecule has 0 aliphatic carbocycles. The molecule has 0 unspecified atom stereocenters. The van der Waals surface area contributed by atoms with Crippen LogP contribution >= 0.6 is 71.0 Å². The first-order valence-corrected chi connectivity index (χ1v) is 36.3. The standard InChI is InChI=1S/C58H38N2O2.C22H14BrCl.C12H7Br2Cl/c1-3-17-44(18-4-1)59(51-23-13-27-55-57(51)47-21-9-11-25-53(47)61-55)46-34-31-40(32-35-46)42-33-36-50(49(38-42)43-30-29-39-15-7-8-16-41(39)37-43)60(45-19-5-2-6-20-45)52-24-14-28-56-58(52)48-22-10-12-26-54(48)62-56;23-20-10-7-16(8-11-20)18-9-12-22(24)21(14-18)19-6-5-15-3-1-2-4-17(15)13-19;13-10-4-1-8(2-5-10)9-3-6-12(15)11(14)7-9/h1-38H;1-14H;1-7H. The van der Waals surface area contributed by atoms with Gasteiger partial charge in [-0.15, -0.1) is 0 Å². The Morgan fingerprint density at radius 3 is 1.14 bits per heavy atom. The fourth-order valence-electron chi connectivity index (χ4n) is 13.4. The molecule has 0 saturated carbocycles. The maximum atomic E-state index is 6.49. The van der Waals surface area contributed by atoms with Gasteiger partial charge in [0.1, 0.15) is 22.3 Å². The highest BCUT2D eigenvalue weighted by Gasteiger charge is 2.24. The summed E-state index contributed by atoms with van der Waals surface area (Å²) in [5.41, 5.74) is 21.2. The first kappa shape index (κ1) is 64.9. The number of furan rings is 2. The molecule has 0 atom stereocenters. The second-order valence-electron chi connectivity index (χ2n) is 24.6. The number of fused-ring (bicyclic) bond motifs is 8. The summed E-state index contributed by atoms with van der Waals surface area (Å²) >= 11 is 22.7. The van der Waals surface area contributed by atoms with E-state index in [1.807, 2.05) is 60.7 Å². The lowest BCUT2D eigenvalue weighted by atomic mass is 9.94. The van der Waals surface area contributed by atoms with Crippen LogP contribution in [0.15, 0.2) is 380 Å². The predicted octanol–water partition coefficient (Wildman–Crippen LogP) is 30.0. The molecule has 9 heteroatoms. The van der Waals surface area contributed by atoms with Gasteiger partial charge in [0, 0.05) is 57.4 Å². The highest BCUT2D eigenvalue weighted by Crippen LogP contribution is 2.49. The van der Waals surface area contributed by atoms with Crippen LogP contribution in [0.2, 0.25) is 10.0 Å². The van der Waals surface area contributed by atoms with Crippen molar-refractivity contribution in [2.45, 2.75) is 0 Å². The third-order valence-corrected chi connectivity index (χ3v) is 20.9. The Hall–Kier alpha value is -10.7. The monoisotopic (exact) mass is 1530 g/mol. The number of hydrogen-bond donors (Lipinski definition) is 0. The van der Waals surface area contributed by atoms with E-state index >= 15 is 0 Å². The third kappa shape index (κ3) is 13.5. The Bertz CT molecular complexity index is 6040. The van der Waals surface area contributed by atoms with Crippen molar-refractivity contribution in [3.63, 3.8) is 0 Å². The largest absolute Gasteiger partial charge is 0.456 e. The van der Waals surface area contributed by atoms with Gasteiger partial charge in [-0.3, -0.25) is 0 Å². The summed E-state index contributed by atoms with van der Waals surface area (Å²) < 4.78 is 15.9. The van der Waals surface area contributed by atoms with Crippen molar-refractivity contribution in [1.82, 2.24) is 0 Å². The van der Waals surface area contributed by atoms with Crippen LogP contribution in [0.4, 0.5) is 34.1 Å². The molecule has 0 spiro atoms. The van der Waals surface area contributed by atoms with Gasteiger partial charge in [-0.25, -0.2) is 0 Å². The Labute approximate surface area is 620 Å². The van der Waals surface area contributed by atoms with Gasteiger partial charge < -0.3 is 18.6 Å². The van der Waals surface area contributed by atoms with Gasteiger partial charge in [-0.1, -0.05) is 267 Å². The van der Waals surface area contributed by atoms with Crippen LogP contribution in [-0.4, -0.2) is 0 Å². The Morgan fingerprint density at radius 2 is 0.614 bits per heavy atom. The highest BCUT2D eigenvalue weighted by atomic mass is 79.9. The number of benzene rings is 16. The highest BCUT2D eigenvalue weighted by molar-refractivity contribution is 9.11. The van der Waals surface area contributed by atoms with Crippen LogP contribution in [0.5, 0.6) is 0 Å². The fraction of sp³-hybridized carbons (Fsp3) is 0. The van der Waals surface area contributed by atoms with Crippen molar-refractivity contribution in [2.75, 3.05) is 9.80 Å². The number of hydrogen-bond acceptors (Lipinski definition) is 4. The summed E-state index contributed by atoms with van der Waals surface area (Å²) in [5, 5.41) is 10.7. The molecule has 4 nitrogen and oxygen atoms in total. The van der Waals surface area contributed by atoms with E-state index in [1.54, 1.807) is 0 Å². The summed E-state index contributed by atoms with van der Waals surface area (Å²) in [4.78, 5) is 4.72. The smallest absolute Gasteiger partial charge is 0.137 e. The number of anilines is 6.